The van der Waals surface area contributed by atoms with Gasteiger partial charge in [0.2, 0.25) is 0 Å². The first-order chi connectivity index (χ1) is 9.35. The van der Waals surface area contributed by atoms with E-state index in [0.717, 1.165) is 10.6 Å². The predicted octanol–water partition coefficient (Wildman–Crippen LogP) is 3.05. The van der Waals surface area contributed by atoms with Crippen LogP contribution in [0.25, 0.3) is 0 Å². The summed E-state index contributed by atoms with van der Waals surface area (Å²) in [6.45, 7) is 7.69. The fourth-order valence-corrected chi connectivity index (χ4v) is 2.18. The van der Waals surface area contributed by atoms with Crippen molar-refractivity contribution in [1.29, 1.82) is 0 Å². The molecule has 1 amide bonds. The van der Waals surface area contributed by atoms with Crippen LogP contribution in [-0.2, 0) is 11.3 Å². The maximum absolute atomic E-state index is 11.8. The Kier molecular flexibility index (Phi) is 4.55. The van der Waals surface area contributed by atoms with Crippen LogP contribution in [0, 0.1) is 0 Å². The second kappa shape index (κ2) is 6.02. The van der Waals surface area contributed by atoms with Crippen molar-refractivity contribution in [3.05, 3.63) is 34.9 Å². The van der Waals surface area contributed by atoms with Gasteiger partial charge in [-0.3, -0.25) is 0 Å². The van der Waals surface area contributed by atoms with Gasteiger partial charge in [-0.1, -0.05) is 29.8 Å². The third-order valence-corrected chi connectivity index (χ3v) is 3.44. The molecule has 5 heteroatoms. The molecule has 1 saturated heterocycles. The normalized spacial score (nSPS) is 15.9. The number of nitrogens with one attached hydrogen (secondary N) is 1. The van der Waals surface area contributed by atoms with Gasteiger partial charge in [-0.05, 0) is 32.4 Å². The molecular weight excluding hydrogens is 276 g/mol. The minimum atomic E-state index is -0.437. The van der Waals surface area contributed by atoms with Gasteiger partial charge in [-0.15, -0.1) is 0 Å². The van der Waals surface area contributed by atoms with Gasteiger partial charge in [0.05, 0.1) is 0 Å². The Morgan fingerprint density at radius 1 is 1.40 bits per heavy atom. The van der Waals surface area contributed by atoms with Crippen LogP contribution < -0.4 is 5.32 Å². The smallest absolute Gasteiger partial charge is 0.410 e. The summed E-state index contributed by atoms with van der Waals surface area (Å²) in [5.41, 5.74) is 0.637. The van der Waals surface area contributed by atoms with E-state index in [4.69, 9.17) is 16.3 Å². The van der Waals surface area contributed by atoms with E-state index in [0.29, 0.717) is 25.7 Å². The van der Waals surface area contributed by atoms with E-state index in [1.165, 1.54) is 0 Å². The second-order valence-corrected chi connectivity index (χ2v) is 6.46. The molecule has 0 aliphatic carbocycles. The van der Waals surface area contributed by atoms with Crippen molar-refractivity contribution < 1.29 is 9.53 Å². The molecule has 0 saturated carbocycles. The Morgan fingerprint density at radius 2 is 2.05 bits per heavy atom. The molecular formula is C15H21ClN2O2. The molecule has 20 heavy (non-hydrogen) atoms. The minimum Gasteiger partial charge on any atom is -0.444 e. The monoisotopic (exact) mass is 296 g/mol. The van der Waals surface area contributed by atoms with Gasteiger partial charge < -0.3 is 15.0 Å². The molecule has 0 unspecified atom stereocenters. The Bertz CT molecular complexity index is 479. The lowest BCUT2D eigenvalue weighted by atomic mass is 10.1. The van der Waals surface area contributed by atoms with Crippen LogP contribution in [0.1, 0.15) is 26.3 Å². The average molecular weight is 297 g/mol. The number of hydrogen-bond donors (Lipinski definition) is 1. The topological polar surface area (TPSA) is 41.6 Å². The maximum atomic E-state index is 11.8. The van der Waals surface area contributed by atoms with Crippen molar-refractivity contribution in [3.8, 4) is 0 Å². The van der Waals surface area contributed by atoms with E-state index in [9.17, 15) is 4.79 Å². The largest absolute Gasteiger partial charge is 0.444 e. The van der Waals surface area contributed by atoms with Crippen molar-refractivity contribution in [2.75, 3.05) is 13.1 Å². The van der Waals surface area contributed by atoms with Gasteiger partial charge >= 0.3 is 6.09 Å². The van der Waals surface area contributed by atoms with Gasteiger partial charge in [-0.2, -0.15) is 0 Å². The molecule has 1 heterocycles. The van der Waals surface area contributed by atoms with Gasteiger partial charge in [0.15, 0.2) is 0 Å². The Hall–Kier alpha value is -1.26. The summed E-state index contributed by atoms with van der Waals surface area (Å²) < 4.78 is 5.31. The number of halogens is 1. The van der Waals surface area contributed by atoms with Gasteiger partial charge in [0.1, 0.15) is 5.60 Å². The number of carbonyl (C=O) groups is 1. The van der Waals surface area contributed by atoms with Crippen molar-refractivity contribution in [3.63, 3.8) is 0 Å². The number of rotatable bonds is 3. The Labute approximate surface area is 125 Å². The zero-order chi connectivity index (χ0) is 14.8. The molecule has 1 fully saturated rings. The van der Waals surface area contributed by atoms with Crippen molar-refractivity contribution in [2.24, 2.45) is 0 Å². The number of carbonyl (C=O) groups excluding carboxylic acids is 1. The number of nitrogens with zero attached hydrogens (tertiary/aromatic N) is 1. The van der Waals surface area contributed by atoms with Gasteiger partial charge in [0.25, 0.3) is 0 Å². The first-order valence-electron chi connectivity index (χ1n) is 6.80. The SMILES string of the molecule is CC(C)(C)OC(=O)N1CC(NCc2ccccc2Cl)C1. The summed E-state index contributed by atoms with van der Waals surface area (Å²) in [5, 5.41) is 4.16. The first kappa shape index (κ1) is 15.1. The zero-order valence-electron chi connectivity index (χ0n) is 12.1. The lowest BCUT2D eigenvalue weighted by Gasteiger charge is -2.40. The molecule has 2 rings (SSSR count). The highest BCUT2D eigenvalue weighted by Gasteiger charge is 2.33. The third kappa shape index (κ3) is 4.12. The molecule has 1 aliphatic heterocycles. The highest BCUT2D eigenvalue weighted by atomic mass is 35.5. The van der Waals surface area contributed by atoms with Gasteiger partial charge in [0, 0.05) is 30.7 Å². The van der Waals surface area contributed by atoms with Crippen LogP contribution in [0.2, 0.25) is 5.02 Å². The summed E-state index contributed by atoms with van der Waals surface area (Å²) in [6, 6.07) is 8.07. The average Bonchev–Trinajstić information content (AvgIpc) is 2.26. The highest BCUT2D eigenvalue weighted by Crippen LogP contribution is 2.17. The number of amides is 1. The summed E-state index contributed by atoms with van der Waals surface area (Å²) in [4.78, 5) is 13.5. The number of hydrogen-bond acceptors (Lipinski definition) is 3. The zero-order valence-corrected chi connectivity index (χ0v) is 12.9. The van der Waals surface area contributed by atoms with Crippen LogP contribution in [0.4, 0.5) is 4.79 Å². The molecule has 0 atom stereocenters. The molecule has 110 valence electrons. The van der Waals surface area contributed by atoms with Crippen molar-refractivity contribution >= 4 is 17.7 Å². The highest BCUT2D eigenvalue weighted by molar-refractivity contribution is 6.31. The van der Waals surface area contributed by atoms with Crippen LogP contribution >= 0.6 is 11.6 Å². The Balaban J connectivity index is 1.72. The lowest BCUT2D eigenvalue weighted by molar-refractivity contribution is 0.00519. The number of benzene rings is 1. The predicted molar refractivity (Wildman–Crippen MR) is 79.9 cm³/mol. The first-order valence-corrected chi connectivity index (χ1v) is 7.18. The standard InChI is InChI=1S/C15H21ClN2O2/c1-15(2,3)20-14(19)18-9-12(10-18)17-8-11-6-4-5-7-13(11)16/h4-7,12,17H,8-10H2,1-3H3. The van der Waals surface area contributed by atoms with E-state index < -0.39 is 5.60 Å². The Morgan fingerprint density at radius 3 is 2.65 bits per heavy atom. The lowest BCUT2D eigenvalue weighted by Crippen LogP contribution is -2.60. The molecule has 0 spiro atoms. The van der Waals surface area contributed by atoms with Crippen LogP contribution in [0.5, 0.6) is 0 Å². The van der Waals surface area contributed by atoms with Crippen LogP contribution in [-0.4, -0.2) is 35.7 Å². The summed E-state index contributed by atoms with van der Waals surface area (Å²) in [7, 11) is 0. The van der Waals surface area contributed by atoms with Crippen LogP contribution in [0.3, 0.4) is 0 Å². The molecule has 4 nitrogen and oxygen atoms in total. The van der Waals surface area contributed by atoms with E-state index in [1.807, 2.05) is 45.0 Å². The quantitative estimate of drug-likeness (QED) is 0.932. The molecule has 0 aromatic heterocycles. The maximum Gasteiger partial charge on any atom is 0.410 e. The van der Waals surface area contributed by atoms with E-state index in [2.05, 4.69) is 5.32 Å². The summed E-state index contributed by atoms with van der Waals surface area (Å²) in [6.07, 6.45) is -0.242. The fourth-order valence-electron chi connectivity index (χ4n) is 1.98. The molecule has 1 N–H and O–H groups in total. The molecule has 1 aliphatic rings. The third-order valence-electron chi connectivity index (χ3n) is 3.07. The number of likely N-dealkylation sites (tertiary alicyclic amines) is 1. The van der Waals surface area contributed by atoms with E-state index in [1.54, 1.807) is 4.90 Å². The molecule has 0 bridgehead atoms. The second-order valence-electron chi connectivity index (χ2n) is 6.05. The van der Waals surface area contributed by atoms with Gasteiger partial charge in [-0.25, -0.2) is 4.79 Å². The molecule has 0 radical (unpaired) electrons. The van der Waals surface area contributed by atoms with Crippen molar-refractivity contribution in [1.82, 2.24) is 10.2 Å². The fraction of sp³-hybridized carbons (Fsp3) is 0.533. The van der Waals surface area contributed by atoms with Crippen LogP contribution in [0.15, 0.2) is 24.3 Å². The van der Waals surface area contributed by atoms with Crippen molar-refractivity contribution in [2.45, 2.75) is 39.0 Å². The van der Waals surface area contributed by atoms with E-state index >= 15 is 0 Å². The summed E-state index contributed by atoms with van der Waals surface area (Å²) in [5.74, 6) is 0. The number of ether oxygens (including phenoxy) is 1. The minimum absolute atomic E-state index is 0.242. The molecule has 1 aromatic rings. The molecule has 1 aromatic carbocycles. The van der Waals surface area contributed by atoms with E-state index in [-0.39, 0.29) is 6.09 Å². The summed E-state index contributed by atoms with van der Waals surface area (Å²) >= 11 is 6.10.